The van der Waals surface area contributed by atoms with Crippen LogP contribution in [0.5, 0.6) is 0 Å². The van der Waals surface area contributed by atoms with Crippen LogP contribution >= 0.6 is 0 Å². The molecule has 0 radical (unpaired) electrons. The third kappa shape index (κ3) is 4.09. The molecule has 0 aromatic carbocycles. The molecule has 0 spiro atoms. The van der Waals surface area contributed by atoms with Gasteiger partial charge in [-0.3, -0.25) is 9.69 Å². The highest BCUT2D eigenvalue weighted by Gasteiger charge is 2.30. The number of rotatable bonds is 3. The van der Waals surface area contributed by atoms with Gasteiger partial charge in [0.05, 0.1) is 5.92 Å². The van der Waals surface area contributed by atoms with Crippen molar-refractivity contribution >= 4 is 12.0 Å². The average Bonchev–Trinajstić information content (AvgIpc) is 2.48. The van der Waals surface area contributed by atoms with Gasteiger partial charge < -0.3 is 15.3 Å². The number of carbonyl (C=O) groups is 2. The van der Waals surface area contributed by atoms with E-state index in [1.54, 1.807) is 0 Å². The van der Waals surface area contributed by atoms with Crippen LogP contribution in [0.3, 0.4) is 0 Å². The van der Waals surface area contributed by atoms with Gasteiger partial charge in [-0.1, -0.05) is 6.92 Å². The number of amides is 2. The van der Waals surface area contributed by atoms with Crippen molar-refractivity contribution in [2.75, 3.05) is 26.7 Å². The molecule has 0 aromatic heterocycles. The standard InChI is InChI=1S/C15H27N3O3/c1-3-13-10-18(9-8-17(13)2)15(21)16-12-6-4-11(5-7-12)14(19)20/h11-13H,3-10H2,1-2H3,(H,16,21)(H,19,20). The zero-order valence-electron chi connectivity index (χ0n) is 13.0. The second-order valence-corrected chi connectivity index (χ2v) is 6.32. The molecule has 2 aliphatic rings. The second-order valence-electron chi connectivity index (χ2n) is 6.32. The van der Waals surface area contributed by atoms with Gasteiger partial charge in [-0.25, -0.2) is 4.79 Å². The van der Waals surface area contributed by atoms with Gasteiger partial charge in [0.2, 0.25) is 0 Å². The fourth-order valence-electron chi connectivity index (χ4n) is 3.32. The number of likely N-dealkylation sites (N-methyl/N-ethyl adjacent to an activating group) is 1. The molecule has 21 heavy (non-hydrogen) atoms. The predicted octanol–water partition coefficient (Wildman–Crippen LogP) is 1.37. The first-order valence-corrected chi connectivity index (χ1v) is 7.99. The lowest BCUT2D eigenvalue weighted by Gasteiger charge is -2.40. The van der Waals surface area contributed by atoms with Crippen LogP contribution in [0, 0.1) is 5.92 Å². The molecule has 1 saturated carbocycles. The molecule has 6 nitrogen and oxygen atoms in total. The number of hydrogen-bond donors (Lipinski definition) is 2. The smallest absolute Gasteiger partial charge is 0.317 e. The molecule has 2 fully saturated rings. The summed E-state index contributed by atoms with van der Waals surface area (Å²) in [5, 5.41) is 12.1. The Morgan fingerprint density at radius 1 is 1.19 bits per heavy atom. The Morgan fingerprint density at radius 3 is 2.43 bits per heavy atom. The number of urea groups is 1. The third-order valence-corrected chi connectivity index (χ3v) is 4.94. The predicted molar refractivity (Wildman–Crippen MR) is 80.2 cm³/mol. The highest BCUT2D eigenvalue weighted by atomic mass is 16.4. The Hall–Kier alpha value is -1.30. The maximum Gasteiger partial charge on any atom is 0.317 e. The normalized spacial score (nSPS) is 31.0. The zero-order valence-corrected chi connectivity index (χ0v) is 13.0. The summed E-state index contributed by atoms with van der Waals surface area (Å²) in [7, 11) is 2.11. The van der Waals surface area contributed by atoms with Gasteiger partial charge in [-0.05, 0) is 39.2 Å². The van der Waals surface area contributed by atoms with Crippen LogP contribution in [0.4, 0.5) is 4.79 Å². The zero-order chi connectivity index (χ0) is 15.4. The molecular weight excluding hydrogens is 270 g/mol. The first kappa shape index (κ1) is 16.1. The van der Waals surface area contributed by atoms with Crippen LogP contribution in [0.2, 0.25) is 0 Å². The summed E-state index contributed by atoms with van der Waals surface area (Å²) < 4.78 is 0. The summed E-state index contributed by atoms with van der Waals surface area (Å²) in [6.07, 6.45) is 3.92. The van der Waals surface area contributed by atoms with Crippen LogP contribution in [0.1, 0.15) is 39.0 Å². The lowest BCUT2D eigenvalue weighted by atomic mass is 9.86. The number of aliphatic carboxylic acids is 1. The Bertz CT molecular complexity index is 380. The number of hydrogen-bond acceptors (Lipinski definition) is 3. The number of nitrogens with zero attached hydrogens (tertiary/aromatic N) is 2. The van der Waals surface area contributed by atoms with Crippen molar-refractivity contribution in [3.05, 3.63) is 0 Å². The lowest BCUT2D eigenvalue weighted by Crippen LogP contribution is -2.56. The number of nitrogens with one attached hydrogen (secondary N) is 1. The van der Waals surface area contributed by atoms with Gasteiger partial charge in [0.25, 0.3) is 0 Å². The molecule has 120 valence electrons. The number of carboxylic acids is 1. The third-order valence-electron chi connectivity index (χ3n) is 4.94. The summed E-state index contributed by atoms with van der Waals surface area (Å²) in [4.78, 5) is 27.5. The maximum absolute atomic E-state index is 12.3. The molecule has 2 rings (SSSR count). The minimum Gasteiger partial charge on any atom is -0.481 e. The number of carbonyl (C=O) groups excluding carboxylic acids is 1. The van der Waals surface area contributed by atoms with E-state index in [9.17, 15) is 9.59 Å². The van der Waals surface area contributed by atoms with Crippen LogP contribution in [0.25, 0.3) is 0 Å². The van der Waals surface area contributed by atoms with Crippen molar-refractivity contribution in [2.24, 2.45) is 5.92 Å². The van der Waals surface area contributed by atoms with E-state index in [1.807, 2.05) is 4.90 Å². The van der Waals surface area contributed by atoms with E-state index in [1.165, 1.54) is 0 Å². The molecule has 1 saturated heterocycles. The Morgan fingerprint density at radius 2 is 1.86 bits per heavy atom. The molecule has 2 amide bonds. The lowest BCUT2D eigenvalue weighted by molar-refractivity contribution is -0.142. The number of carboxylic acid groups (broad SMARTS) is 1. The fraction of sp³-hybridized carbons (Fsp3) is 0.867. The number of piperazine rings is 1. The second kappa shape index (κ2) is 7.11. The van der Waals surface area contributed by atoms with Crippen LogP contribution < -0.4 is 5.32 Å². The van der Waals surface area contributed by atoms with Gasteiger partial charge in [-0.15, -0.1) is 0 Å². The van der Waals surface area contributed by atoms with E-state index >= 15 is 0 Å². The summed E-state index contributed by atoms with van der Waals surface area (Å²) in [6, 6.07) is 0.584. The Balaban J connectivity index is 1.78. The first-order valence-electron chi connectivity index (χ1n) is 7.99. The highest BCUT2D eigenvalue weighted by Crippen LogP contribution is 2.24. The Labute approximate surface area is 126 Å². The topological polar surface area (TPSA) is 72.9 Å². The molecule has 1 atom stereocenters. The van der Waals surface area contributed by atoms with Crippen molar-refractivity contribution in [3.8, 4) is 0 Å². The van der Waals surface area contributed by atoms with Crippen molar-refractivity contribution in [2.45, 2.75) is 51.1 Å². The van der Waals surface area contributed by atoms with Crippen LogP contribution in [0.15, 0.2) is 0 Å². The van der Waals surface area contributed by atoms with Gasteiger partial charge in [0.15, 0.2) is 0 Å². The molecule has 1 aliphatic carbocycles. The largest absolute Gasteiger partial charge is 0.481 e. The van der Waals surface area contributed by atoms with Crippen molar-refractivity contribution < 1.29 is 14.7 Å². The SMILES string of the molecule is CCC1CN(C(=O)NC2CCC(C(=O)O)CC2)CCN1C. The molecule has 1 heterocycles. The maximum atomic E-state index is 12.3. The molecular formula is C15H27N3O3. The molecule has 2 N–H and O–H groups in total. The minimum atomic E-state index is -0.704. The van der Waals surface area contributed by atoms with E-state index in [0.717, 1.165) is 38.9 Å². The van der Waals surface area contributed by atoms with E-state index in [0.29, 0.717) is 18.9 Å². The van der Waals surface area contributed by atoms with Crippen LogP contribution in [-0.2, 0) is 4.79 Å². The first-order chi connectivity index (χ1) is 10.0. The molecule has 0 aromatic rings. The Kier molecular flexibility index (Phi) is 5.45. The molecule has 1 unspecified atom stereocenters. The van der Waals surface area contributed by atoms with E-state index < -0.39 is 5.97 Å². The van der Waals surface area contributed by atoms with E-state index in [2.05, 4.69) is 24.2 Å². The van der Waals surface area contributed by atoms with E-state index in [-0.39, 0.29) is 18.0 Å². The monoisotopic (exact) mass is 297 g/mol. The summed E-state index contributed by atoms with van der Waals surface area (Å²) >= 11 is 0. The van der Waals surface area contributed by atoms with Crippen molar-refractivity contribution in [1.29, 1.82) is 0 Å². The summed E-state index contributed by atoms with van der Waals surface area (Å²) in [5.74, 6) is -0.934. The van der Waals surface area contributed by atoms with Crippen molar-refractivity contribution in [1.82, 2.24) is 15.1 Å². The molecule has 6 heteroatoms. The van der Waals surface area contributed by atoms with Crippen LogP contribution in [-0.4, -0.2) is 65.7 Å². The average molecular weight is 297 g/mol. The summed E-state index contributed by atoms with van der Waals surface area (Å²) in [6.45, 7) is 4.61. The molecule has 1 aliphatic heterocycles. The van der Waals surface area contributed by atoms with Gasteiger partial charge >= 0.3 is 12.0 Å². The highest BCUT2D eigenvalue weighted by molar-refractivity contribution is 5.75. The quantitative estimate of drug-likeness (QED) is 0.825. The van der Waals surface area contributed by atoms with Gasteiger partial charge in [-0.2, -0.15) is 0 Å². The van der Waals surface area contributed by atoms with Gasteiger partial charge in [0.1, 0.15) is 0 Å². The van der Waals surface area contributed by atoms with Crippen molar-refractivity contribution in [3.63, 3.8) is 0 Å². The summed E-state index contributed by atoms with van der Waals surface area (Å²) in [5.41, 5.74) is 0. The fourth-order valence-corrected chi connectivity index (χ4v) is 3.32. The van der Waals surface area contributed by atoms with Gasteiger partial charge in [0, 0.05) is 31.7 Å². The van der Waals surface area contributed by atoms with E-state index in [4.69, 9.17) is 5.11 Å². The molecule has 0 bridgehead atoms. The minimum absolute atomic E-state index is 0.0142.